The molecule has 106 valence electrons. The molecule has 1 atom stereocenters. The Morgan fingerprint density at radius 3 is 2.75 bits per heavy atom. The van der Waals surface area contributed by atoms with Gasteiger partial charge in [0.25, 0.3) is 5.91 Å². The van der Waals surface area contributed by atoms with Gasteiger partial charge in [-0.2, -0.15) is 0 Å². The number of piperidine rings is 1. The van der Waals surface area contributed by atoms with Gasteiger partial charge in [-0.1, -0.05) is 0 Å². The van der Waals surface area contributed by atoms with E-state index in [0.29, 0.717) is 16.3 Å². The van der Waals surface area contributed by atoms with Gasteiger partial charge in [0.05, 0.1) is 9.88 Å². The van der Waals surface area contributed by atoms with Crippen LogP contribution in [0.4, 0.5) is 5.00 Å². The Morgan fingerprint density at radius 2 is 2.10 bits per heavy atom. The summed E-state index contributed by atoms with van der Waals surface area (Å²) in [4.78, 5) is 45.8. The number of nitrogens with one attached hydrogen (secondary N) is 3. The van der Waals surface area contributed by atoms with Crippen LogP contribution in [-0.2, 0) is 14.4 Å². The molecule has 20 heavy (non-hydrogen) atoms. The summed E-state index contributed by atoms with van der Waals surface area (Å²) in [6.45, 7) is 1.38. The molecule has 4 amide bonds. The minimum atomic E-state index is -0.702. The average molecular weight is 295 g/mol. The number of carbonyl (C=O) groups excluding carboxylic acids is 4. The van der Waals surface area contributed by atoms with Gasteiger partial charge in [0.15, 0.2) is 0 Å². The van der Waals surface area contributed by atoms with Crippen molar-refractivity contribution in [3.8, 4) is 0 Å². The van der Waals surface area contributed by atoms with Gasteiger partial charge in [0.2, 0.25) is 17.7 Å². The summed E-state index contributed by atoms with van der Waals surface area (Å²) in [7, 11) is 0. The maximum absolute atomic E-state index is 12.0. The monoisotopic (exact) mass is 295 g/mol. The second-order valence-electron chi connectivity index (χ2n) is 4.32. The zero-order valence-electron chi connectivity index (χ0n) is 10.7. The third-order valence-electron chi connectivity index (χ3n) is 2.67. The fourth-order valence-corrected chi connectivity index (χ4v) is 2.62. The van der Waals surface area contributed by atoms with E-state index < -0.39 is 17.9 Å². The Morgan fingerprint density at radius 1 is 1.35 bits per heavy atom. The fourth-order valence-electron chi connectivity index (χ4n) is 1.76. The number of rotatable bonds is 3. The van der Waals surface area contributed by atoms with Crippen molar-refractivity contribution in [2.75, 3.05) is 5.32 Å². The SMILES string of the molecule is CC(=O)Nc1ccc(C(=O)NC2CCC(=O)NC2=O)s1. The third kappa shape index (κ3) is 3.41. The Hall–Kier alpha value is -2.22. The number of carbonyl (C=O) groups is 4. The second-order valence-corrected chi connectivity index (χ2v) is 5.41. The first kappa shape index (κ1) is 14.2. The number of hydrogen-bond acceptors (Lipinski definition) is 5. The highest BCUT2D eigenvalue weighted by atomic mass is 32.1. The predicted molar refractivity (Wildman–Crippen MR) is 72.3 cm³/mol. The molecule has 0 bridgehead atoms. The van der Waals surface area contributed by atoms with Crippen molar-refractivity contribution in [3.05, 3.63) is 17.0 Å². The normalized spacial score (nSPS) is 18.4. The highest BCUT2D eigenvalue weighted by molar-refractivity contribution is 7.18. The molecule has 0 saturated carbocycles. The maximum Gasteiger partial charge on any atom is 0.262 e. The largest absolute Gasteiger partial charge is 0.340 e. The van der Waals surface area contributed by atoms with Crippen LogP contribution in [-0.4, -0.2) is 29.7 Å². The molecule has 1 saturated heterocycles. The molecule has 1 aromatic heterocycles. The lowest BCUT2D eigenvalue weighted by Crippen LogP contribution is -2.52. The molecule has 3 N–H and O–H groups in total. The molecule has 1 aromatic rings. The van der Waals surface area contributed by atoms with Gasteiger partial charge in [-0.05, 0) is 18.6 Å². The fraction of sp³-hybridized carbons (Fsp3) is 0.333. The number of amides is 4. The summed E-state index contributed by atoms with van der Waals surface area (Å²) >= 11 is 1.12. The molecular weight excluding hydrogens is 282 g/mol. The number of hydrogen-bond donors (Lipinski definition) is 3. The van der Waals surface area contributed by atoms with Crippen molar-refractivity contribution >= 4 is 40.0 Å². The minimum Gasteiger partial charge on any atom is -0.340 e. The van der Waals surface area contributed by atoms with Crippen molar-refractivity contribution in [1.29, 1.82) is 0 Å². The lowest BCUT2D eigenvalue weighted by atomic mass is 10.1. The molecule has 2 heterocycles. The maximum atomic E-state index is 12.0. The number of thiophene rings is 1. The van der Waals surface area contributed by atoms with Gasteiger partial charge in [0.1, 0.15) is 6.04 Å². The van der Waals surface area contributed by atoms with Crippen LogP contribution in [0.25, 0.3) is 0 Å². The Bertz CT molecular complexity index is 581. The molecule has 1 aliphatic rings. The molecular formula is C12H13N3O4S. The van der Waals surface area contributed by atoms with Crippen molar-refractivity contribution in [3.63, 3.8) is 0 Å². The van der Waals surface area contributed by atoms with E-state index in [9.17, 15) is 19.2 Å². The van der Waals surface area contributed by atoms with Gasteiger partial charge in [0, 0.05) is 13.3 Å². The second kappa shape index (κ2) is 5.83. The van der Waals surface area contributed by atoms with E-state index in [-0.39, 0.29) is 18.2 Å². The third-order valence-corrected chi connectivity index (χ3v) is 3.67. The molecule has 7 nitrogen and oxygen atoms in total. The van der Waals surface area contributed by atoms with Crippen LogP contribution in [0.5, 0.6) is 0 Å². The summed E-state index contributed by atoms with van der Waals surface area (Å²) in [6.07, 6.45) is 0.499. The van der Waals surface area contributed by atoms with Crippen molar-refractivity contribution < 1.29 is 19.2 Å². The first-order chi connectivity index (χ1) is 9.45. The van der Waals surface area contributed by atoms with E-state index in [1.807, 2.05) is 0 Å². The van der Waals surface area contributed by atoms with E-state index in [4.69, 9.17) is 0 Å². The van der Waals surface area contributed by atoms with E-state index in [1.54, 1.807) is 12.1 Å². The topological polar surface area (TPSA) is 104 Å². The molecule has 0 spiro atoms. The van der Waals surface area contributed by atoms with E-state index in [2.05, 4.69) is 16.0 Å². The molecule has 0 radical (unpaired) electrons. The predicted octanol–water partition coefficient (Wildman–Crippen LogP) is 0.241. The Labute approximate surface area is 118 Å². The molecule has 1 fully saturated rings. The van der Waals surface area contributed by atoms with E-state index in [0.717, 1.165) is 11.3 Å². The van der Waals surface area contributed by atoms with Crippen molar-refractivity contribution in [1.82, 2.24) is 10.6 Å². The summed E-state index contributed by atoms with van der Waals surface area (Å²) in [5.41, 5.74) is 0. The molecule has 8 heteroatoms. The van der Waals surface area contributed by atoms with E-state index >= 15 is 0 Å². The summed E-state index contributed by atoms with van der Waals surface area (Å²) < 4.78 is 0. The first-order valence-corrected chi connectivity index (χ1v) is 6.79. The van der Waals surface area contributed by atoms with Gasteiger partial charge in [-0.25, -0.2) is 0 Å². The summed E-state index contributed by atoms with van der Waals surface area (Å²) in [5.74, 6) is -1.44. The smallest absolute Gasteiger partial charge is 0.262 e. The van der Waals surface area contributed by atoms with Crippen LogP contribution in [0.1, 0.15) is 29.4 Å². The zero-order chi connectivity index (χ0) is 14.7. The first-order valence-electron chi connectivity index (χ1n) is 5.97. The van der Waals surface area contributed by atoms with Gasteiger partial charge < -0.3 is 10.6 Å². The molecule has 2 rings (SSSR count). The van der Waals surface area contributed by atoms with Gasteiger partial charge in [-0.15, -0.1) is 11.3 Å². The van der Waals surface area contributed by atoms with Crippen LogP contribution in [0.15, 0.2) is 12.1 Å². The van der Waals surface area contributed by atoms with Crippen LogP contribution >= 0.6 is 11.3 Å². The van der Waals surface area contributed by atoms with Crippen LogP contribution in [0.3, 0.4) is 0 Å². The highest BCUT2D eigenvalue weighted by Gasteiger charge is 2.28. The van der Waals surface area contributed by atoms with Crippen LogP contribution < -0.4 is 16.0 Å². The Balaban J connectivity index is 1.98. The number of imide groups is 1. The lowest BCUT2D eigenvalue weighted by molar-refractivity contribution is -0.134. The summed E-state index contributed by atoms with van der Waals surface area (Å²) in [5, 5.41) is 7.87. The zero-order valence-corrected chi connectivity index (χ0v) is 11.5. The average Bonchev–Trinajstić information content (AvgIpc) is 2.80. The minimum absolute atomic E-state index is 0.207. The molecule has 1 aliphatic heterocycles. The van der Waals surface area contributed by atoms with Crippen LogP contribution in [0, 0.1) is 0 Å². The van der Waals surface area contributed by atoms with E-state index in [1.165, 1.54) is 6.92 Å². The van der Waals surface area contributed by atoms with Crippen molar-refractivity contribution in [2.45, 2.75) is 25.8 Å². The highest BCUT2D eigenvalue weighted by Crippen LogP contribution is 2.22. The standard InChI is InChI=1S/C12H13N3O4S/c1-6(16)13-10-5-3-8(20-10)12(19)14-7-2-4-9(17)15-11(7)18/h3,5,7H,2,4H2,1H3,(H,13,16)(H,14,19)(H,15,17,18). The lowest BCUT2D eigenvalue weighted by Gasteiger charge is -2.21. The molecule has 0 aromatic carbocycles. The molecule has 0 aliphatic carbocycles. The van der Waals surface area contributed by atoms with Crippen molar-refractivity contribution in [2.24, 2.45) is 0 Å². The summed E-state index contributed by atoms with van der Waals surface area (Å²) in [6, 6.07) is 2.48. The van der Waals surface area contributed by atoms with Gasteiger partial charge >= 0.3 is 0 Å². The quantitative estimate of drug-likeness (QED) is 0.695. The van der Waals surface area contributed by atoms with Crippen LogP contribution in [0.2, 0.25) is 0 Å². The van der Waals surface area contributed by atoms with Gasteiger partial charge in [-0.3, -0.25) is 24.5 Å². The molecule has 1 unspecified atom stereocenters. The Kier molecular flexibility index (Phi) is 4.14. The number of anilines is 1.